The van der Waals surface area contributed by atoms with E-state index >= 15 is 0 Å². The van der Waals surface area contributed by atoms with E-state index in [1.807, 2.05) is 19.9 Å². The number of carbonyl (C=O) groups is 1. The second-order valence-electron chi connectivity index (χ2n) is 4.94. The molecule has 0 aliphatic carbocycles. The van der Waals surface area contributed by atoms with Crippen molar-refractivity contribution in [1.82, 2.24) is 5.32 Å². The number of amides is 1. The van der Waals surface area contributed by atoms with Gasteiger partial charge in [-0.15, -0.1) is 0 Å². The van der Waals surface area contributed by atoms with E-state index in [0.717, 1.165) is 5.39 Å². The van der Waals surface area contributed by atoms with Crippen LogP contribution in [0.15, 0.2) is 27.3 Å². The minimum Gasteiger partial charge on any atom is -0.490 e. The zero-order chi connectivity index (χ0) is 15.4. The Morgan fingerprint density at radius 3 is 2.86 bits per heavy atom. The second-order valence-corrected chi connectivity index (χ2v) is 5.72. The molecule has 1 aromatic heterocycles. The summed E-state index contributed by atoms with van der Waals surface area (Å²) in [5.74, 6) is 0.399. The Morgan fingerprint density at radius 1 is 1.43 bits per heavy atom. The molecule has 1 amide bonds. The van der Waals surface area contributed by atoms with Crippen LogP contribution in [0.2, 0.25) is 0 Å². The summed E-state index contributed by atoms with van der Waals surface area (Å²) in [6, 6.07) is 5.21. The quantitative estimate of drug-likeness (QED) is 0.781. The Balaban J connectivity index is 2.33. The monoisotopic (exact) mass is 355 g/mol. The molecular formula is C15H18BrNO4. The number of rotatable bonds is 6. The van der Waals surface area contributed by atoms with E-state index in [9.17, 15) is 4.79 Å². The smallest absolute Gasteiger partial charge is 0.251 e. The van der Waals surface area contributed by atoms with Gasteiger partial charge in [-0.1, -0.05) is 0 Å². The fourth-order valence-electron chi connectivity index (χ4n) is 1.94. The van der Waals surface area contributed by atoms with Crippen molar-refractivity contribution in [2.45, 2.75) is 26.4 Å². The Labute approximate surface area is 131 Å². The first-order chi connectivity index (χ1) is 10.0. The minimum absolute atomic E-state index is 0.00502. The van der Waals surface area contributed by atoms with Gasteiger partial charge in [0, 0.05) is 24.8 Å². The van der Waals surface area contributed by atoms with Crippen molar-refractivity contribution in [2.24, 2.45) is 0 Å². The molecule has 0 saturated carbocycles. The molecule has 0 fully saturated rings. The van der Waals surface area contributed by atoms with Gasteiger partial charge in [-0.2, -0.15) is 0 Å². The lowest BCUT2D eigenvalue weighted by atomic mass is 10.1. The summed E-state index contributed by atoms with van der Waals surface area (Å²) in [5.41, 5.74) is 1.06. The van der Waals surface area contributed by atoms with E-state index in [-0.39, 0.29) is 18.6 Å². The highest BCUT2D eigenvalue weighted by molar-refractivity contribution is 9.10. The van der Waals surface area contributed by atoms with E-state index in [4.69, 9.17) is 14.3 Å². The molecule has 21 heavy (non-hydrogen) atoms. The van der Waals surface area contributed by atoms with Gasteiger partial charge < -0.3 is 19.6 Å². The molecule has 2 rings (SSSR count). The third-order valence-corrected chi connectivity index (χ3v) is 3.21. The van der Waals surface area contributed by atoms with Gasteiger partial charge >= 0.3 is 0 Å². The number of furan rings is 1. The van der Waals surface area contributed by atoms with Crippen molar-refractivity contribution in [2.75, 3.05) is 13.2 Å². The van der Waals surface area contributed by atoms with E-state index in [1.54, 1.807) is 12.1 Å². The van der Waals surface area contributed by atoms with Crippen molar-refractivity contribution in [3.05, 3.63) is 28.4 Å². The Morgan fingerprint density at radius 2 is 2.19 bits per heavy atom. The lowest BCUT2D eigenvalue weighted by Crippen LogP contribution is -2.25. The number of fused-ring (bicyclic) bond motifs is 1. The average Bonchev–Trinajstić information content (AvgIpc) is 2.79. The molecule has 0 radical (unpaired) electrons. The average molecular weight is 356 g/mol. The van der Waals surface area contributed by atoms with Gasteiger partial charge in [0.2, 0.25) is 0 Å². The molecule has 2 aromatic rings. The van der Waals surface area contributed by atoms with Crippen molar-refractivity contribution in [3.63, 3.8) is 0 Å². The molecule has 1 heterocycles. The van der Waals surface area contributed by atoms with Gasteiger partial charge in [-0.25, -0.2) is 0 Å². The third kappa shape index (κ3) is 3.98. The van der Waals surface area contributed by atoms with Crippen LogP contribution in [0.3, 0.4) is 0 Å². The van der Waals surface area contributed by atoms with Crippen LogP contribution in [0.1, 0.15) is 30.6 Å². The number of hydrogen-bond acceptors (Lipinski definition) is 4. The summed E-state index contributed by atoms with van der Waals surface area (Å²) in [6.45, 7) is 4.33. The SMILES string of the molecule is CC(C)Oc1cc(C(=O)NCCCO)cc2oc(Br)cc12. The highest BCUT2D eigenvalue weighted by Gasteiger charge is 2.15. The predicted octanol–water partition coefficient (Wildman–Crippen LogP) is 3.09. The van der Waals surface area contributed by atoms with Gasteiger partial charge in [-0.05, 0) is 48.3 Å². The molecule has 0 aliphatic rings. The van der Waals surface area contributed by atoms with Crippen molar-refractivity contribution in [3.8, 4) is 5.75 Å². The first-order valence-electron chi connectivity index (χ1n) is 6.80. The zero-order valence-corrected chi connectivity index (χ0v) is 13.6. The summed E-state index contributed by atoms with van der Waals surface area (Å²) in [4.78, 5) is 12.1. The van der Waals surface area contributed by atoms with Gasteiger partial charge in [0.15, 0.2) is 4.67 Å². The van der Waals surface area contributed by atoms with Crippen LogP contribution in [0.25, 0.3) is 11.0 Å². The highest BCUT2D eigenvalue weighted by Crippen LogP contribution is 2.33. The summed E-state index contributed by atoms with van der Waals surface area (Å²) in [6.07, 6.45) is 0.518. The molecule has 114 valence electrons. The molecule has 0 aliphatic heterocycles. The molecule has 1 aromatic carbocycles. The molecule has 0 saturated heterocycles. The topological polar surface area (TPSA) is 71.7 Å². The van der Waals surface area contributed by atoms with Gasteiger partial charge in [0.25, 0.3) is 5.91 Å². The molecule has 0 bridgehead atoms. The molecule has 0 spiro atoms. The first kappa shape index (κ1) is 15.9. The number of benzene rings is 1. The largest absolute Gasteiger partial charge is 0.490 e. The molecular weight excluding hydrogens is 338 g/mol. The van der Waals surface area contributed by atoms with Crippen LogP contribution in [-0.4, -0.2) is 30.3 Å². The molecule has 6 heteroatoms. The van der Waals surface area contributed by atoms with Crippen molar-refractivity contribution < 1.29 is 19.1 Å². The predicted molar refractivity (Wildman–Crippen MR) is 83.7 cm³/mol. The number of halogens is 1. The van der Waals surface area contributed by atoms with E-state index in [0.29, 0.717) is 34.5 Å². The highest BCUT2D eigenvalue weighted by atomic mass is 79.9. The second kappa shape index (κ2) is 6.95. The Bertz CT molecular complexity index is 636. The van der Waals surface area contributed by atoms with Crippen LogP contribution in [0.5, 0.6) is 5.75 Å². The summed E-state index contributed by atoms with van der Waals surface area (Å²) in [5, 5.41) is 12.3. The molecule has 5 nitrogen and oxygen atoms in total. The number of aliphatic hydroxyl groups excluding tert-OH is 1. The number of aliphatic hydroxyl groups is 1. The van der Waals surface area contributed by atoms with Crippen LogP contribution in [0.4, 0.5) is 0 Å². The van der Waals surface area contributed by atoms with Gasteiger partial charge in [0.05, 0.1) is 11.5 Å². The van der Waals surface area contributed by atoms with Crippen LogP contribution in [-0.2, 0) is 0 Å². The summed E-state index contributed by atoms with van der Waals surface area (Å²) >= 11 is 3.29. The lowest BCUT2D eigenvalue weighted by molar-refractivity contribution is 0.0950. The number of ether oxygens (including phenoxy) is 1. The maximum Gasteiger partial charge on any atom is 0.251 e. The van der Waals surface area contributed by atoms with Crippen molar-refractivity contribution in [1.29, 1.82) is 0 Å². The maximum atomic E-state index is 12.1. The maximum absolute atomic E-state index is 12.1. The number of nitrogens with one attached hydrogen (secondary N) is 1. The van der Waals surface area contributed by atoms with Crippen molar-refractivity contribution >= 4 is 32.8 Å². The number of carbonyl (C=O) groups excluding carboxylic acids is 1. The zero-order valence-electron chi connectivity index (χ0n) is 12.0. The fraction of sp³-hybridized carbons (Fsp3) is 0.400. The Hall–Kier alpha value is -1.53. The summed E-state index contributed by atoms with van der Waals surface area (Å²) < 4.78 is 11.9. The molecule has 0 atom stereocenters. The van der Waals surface area contributed by atoms with Crippen LogP contribution < -0.4 is 10.1 Å². The minimum atomic E-state index is -0.216. The van der Waals surface area contributed by atoms with Gasteiger partial charge in [-0.3, -0.25) is 4.79 Å². The van der Waals surface area contributed by atoms with Crippen LogP contribution in [0, 0.1) is 0 Å². The standard InChI is InChI=1S/C15H18BrNO4/c1-9(2)20-12-6-10(15(19)17-4-3-5-18)7-13-11(12)8-14(16)21-13/h6-9,18H,3-5H2,1-2H3,(H,17,19). The summed E-state index contributed by atoms with van der Waals surface area (Å²) in [7, 11) is 0. The van der Waals surface area contributed by atoms with Gasteiger partial charge in [0.1, 0.15) is 11.3 Å². The van der Waals surface area contributed by atoms with E-state index in [2.05, 4.69) is 21.2 Å². The lowest BCUT2D eigenvalue weighted by Gasteiger charge is -2.12. The molecule has 2 N–H and O–H groups in total. The van der Waals surface area contributed by atoms with Crippen LogP contribution >= 0.6 is 15.9 Å². The molecule has 0 unspecified atom stereocenters. The number of hydrogen-bond donors (Lipinski definition) is 2. The first-order valence-corrected chi connectivity index (χ1v) is 7.59. The van der Waals surface area contributed by atoms with E-state index < -0.39 is 0 Å². The Kier molecular flexibility index (Phi) is 5.25. The van der Waals surface area contributed by atoms with E-state index in [1.165, 1.54) is 0 Å². The normalized spacial score (nSPS) is 11.1. The fourth-order valence-corrected chi connectivity index (χ4v) is 2.34. The third-order valence-electron chi connectivity index (χ3n) is 2.81.